The SMILES string of the molecule is CCCCn1nc(C(=O)NCC(c2cccc(OC)c2)N2CCCC2)ccc1=O. The highest BCUT2D eigenvalue weighted by atomic mass is 16.5. The number of aromatic nitrogens is 2. The van der Waals surface area contributed by atoms with Crippen LogP contribution in [-0.2, 0) is 6.54 Å². The Morgan fingerprint density at radius 3 is 2.76 bits per heavy atom. The maximum absolute atomic E-state index is 12.7. The van der Waals surface area contributed by atoms with Crippen molar-refractivity contribution in [3.63, 3.8) is 0 Å². The molecule has 1 amide bonds. The Kier molecular flexibility index (Phi) is 7.41. The first-order valence-electron chi connectivity index (χ1n) is 10.4. The van der Waals surface area contributed by atoms with Gasteiger partial charge in [-0.1, -0.05) is 25.5 Å². The van der Waals surface area contributed by atoms with Crippen LogP contribution in [0.3, 0.4) is 0 Å². The van der Waals surface area contributed by atoms with Gasteiger partial charge in [-0.05, 0) is 56.1 Å². The first-order valence-corrected chi connectivity index (χ1v) is 10.4. The summed E-state index contributed by atoms with van der Waals surface area (Å²) < 4.78 is 6.74. The molecule has 7 nitrogen and oxygen atoms in total. The third-order valence-corrected chi connectivity index (χ3v) is 5.34. The Bertz CT molecular complexity index is 874. The lowest BCUT2D eigenvalue weighted by Crippen LogP contribution is -2.37. The molecule has 0 saturated carbocycles. The molecule has 0 aliphatic carbocycles. The minimum atomic E-state index is -0.262. The van der Waals surface area contributed by atoms with Gasteiger partial charge in [-0.15, -0.1) is 0 Å². The van der Waals surface area contributed by atoms with Crippen molar-refractivity contribution in [2.75, 3.05) is 26.7 Å². The minimum Gasteiger partial charge on any atom is -0.497 e. The number of rotatable bonds is 9. The van der Waals surface area contributed by atoms with Gasteiger partial charge >= 0.3 is 0 Å². The summed E-state index contributed by atoms with van der Waals surface area (Å²) in [4.78, 5) is 27.1. The number of unbranched alkanes of at least 4 members (excludes halogenated alkanes) is 1. The van der Waals surface area contributed by atoms with Crippen LogP contribution in [0.4, 0.5) is 0 Å². The van der Waals surface area contributed by atoms with Crippen LogP contribution in [0.1, 0.15) is 54.7 Å². The van der Waals surface area contributed by atoms with E-state index in [0.717, 1.165) is 37.2 Å². The number of methoxy groups -OCH3 is 1. The van der Waals surface area contributed by atoms with Crippen molar-refractivity contribution < 1.29 is 9.53 Å². The van der Waals surface area contributed by atoms with Crippen LogP contribution >= 0.6 is 0 Å². The summed E-state index contributed by atoms with van der Waals surface area (Å²) >= 11 is 0. The molecular weight excluding hydrogens is 368 g/mol. The zero-order chi connectivity index (χ0) is 20.6. The molecule has 3 rings (SSSR count). The van der Waals surface area contributed by atoms with Gasteiger partial charge in [0.2, 0.25) is 0 Å². The van der Waals surface area contributed by atoms with Crippen LogP contribution in [0.2, 0.25) is 0 Å². The van der Waals surface area contributed by atoms with E-state index in [1.807, 2.05) is 18.2 Å². The summed E-state index contributed by atoms with van der Waals surface area (Å²) in [5.74, 6) is 0.546. The van der Waals surface area contributed by atoms with Gasteiger partial charge in [0.15, 0.2) is 0 Å². The second kappa shape index (κ2) is 10.2. The molecule has 1 unspecified atom stereocenters. The van der Waals surface area contributed by atoms with Crippen molar-refractivity contribution in [2.45, 2.75) is 45.2 Å². The number of ether oxygens (including phenoxy) is 1. The van der Waals surface area contributed by atoms with Gasteiger partial charge in [0, 0.05) is 19.2 Å². The van der Waals surface area contributed by atoms with Crippen molar-refractivity contribution in [2.24, 2.45) is 0 Å². The van der Waals surface area contributed by atoms with Gasteiger partial charge in [-0.25, -0.2) is 4.68 Å². The van der Waals surface area contributed by atoms with Gasteiger partial charge in [0.25, 0.3) is 11.5 Å². The van der Waals surface area contributed by atoms with Crippen molar-refractivity contribution in [3.05, 3.63) is 58.0 Å². The number of carbonyl (C=O) groups excluding carboxylic acids is 1. The molecule has 1 N–H and O–H groups in total. The molecule has 1 saturated heterocycles. The number of aryl methyl sites for hydroxylation is 1. The van der Waals surface area contributed by atoms with E-state index in [-0.39, 0.29) is 23.2 Å². The molecule has 2 aromatic rings. The van der Waals surface area contributed by atoms with Gasteiger partial charge in [-0.3, -0.25) is 14.5 Å². The van der Waals surface area contributed by atoms with E-state index in [1.54, 1.807) is 7.11 Å². The quantitative estimate of drug-likeness (QED) is 0.703. The highest BCUT2D eigenvalue weighted by Gasteiger charge is 2.24. The summed E-state index contributed by atoms with van der Waals surface area (Å²) in [5.41, 5.74) is 1.21. The Labute approximate surface area is 171 Å². The maximum atomic E-state index is 12.7. The lowest BCUT2D eigenvalue weighted by molar-refractivity contribution is 0.0930. The molecule has 1 aromatic carbocycles. The molecule has 0 bridgehead atoms. The van der Waals surface area contributed by atoms with Crippen molar-refractivity contribution in [1.29, 1.82) is 0 Å². The molecule has 1 atom stereocenters. The number of hydrogen-bond acceptors (Lipinski definition) is 5. The maximum Gasteiger partial charge on any atom is 0.271 e. The third-order valence-electron chi connectivity index (χ3n) is 5.34. The number of nitrogens with zero attached hydrogens (tertiary/aromatic N) is 3. The first kappa shape index (κ1) is 21.0. The summed E-state index contributed by atoms with van der Waals surface area (Å²) in [6.07, 6.45) is 4.14. The number of hydrogen-bond donors (Lipinski definition) is 1. The number of benzene rings is 1. The molecule has 1 aliphatic rings. The average molecular weight is 399 g/mol. The lowest BCUT2D eigenvalue weighted by Gasteiger charge is -2.28. The summed E-state index contributed by atoms with van der Waals surface area (Å²) in [6.45, 7) is 5.08. The van der Waals surface area contributed by atoms with E-state index in [4.69, 9.17) is 4.74 Å². The van der Waals surface area contributed by atoms with Gasteiger partial charge < -0.3 is 10.1 Å². The zero-order valence-electron chi connectivity index (χ0n) is 17.3. The molecule has 0 spiro atoms. The molecule has 156 valence electrons. The first-order chi connectivity index (χ1) is 14.1. The lowest BCUT2D eigenvalue weighted by atomic mass is 10.0. The molecular formula is C22H30N4O3. The summed E-state index contributed by atoms with van der Waals surface area (Å²) in [5, 5.41) is 7.26. The Hall–Kier alpha value is -2.67. The number of likely N-dealkylation sites (tertiary alicyclic amines) is 1. The van der Waals surface area contributed by atoms with Crippen LogP contribution in [0.5, 0.6) is 5.75 Å². The molecule has 2 heterocycles. The molecule has 7 heteroatoms. The molecule has 29 heavy (non-hydrogen) atoms. The normalized spacial score (nSPS) is 15.2. The standard InChI is InChI=1S/C22H30N4O3/c1-3-4-14-26-21(27)11-10-19(24-26)22(28)23-16-20(25-12-5-6-13-25)17-8-7-9-18(15-17)29-2/h7-11,15,20H,3-6,12-14,16H2,1-2H3,(H,23,28). The van der Waals surface area contributed by atoms with E-state index < -0.39 is 0 Å². The van der Waals surface area contributed by atoms with Gasteiger partial charge in [0.1, 0.15) is 11.4 Å². The van der Waals surface area contributed by atoms with Crippen molar-refractivity contribution in [1.82, 2.24) is 20.0 Å². The second-order valence-electron chi connectivity index (χ2n) is 7.38. The third kappa shape index (κ3) is 5.44. The average Bonchev–Trinajstić information content (AvgIpc) is 3.28. The smallest absolute Gasteiger partial charge is 0.271 e. The fourth-order valence-electron chi connectivity index (χ4n) is 3.68. The van der Waals surface area contributed by atoms with E-state index >= 15 is 0 Å². The van der Waals surface area contributed by atoms with Crippen LogP contribution in [0.25, 0.3) is 0 Å². The van der Waals surface area contributed by atoms with Crippen LogP contribution in [0.15, 0.2) is 41.2 Å². The predicted octanol–water partition coefficient (Wildman–Crippen LogP) is 2.62. The van der Waals surface area contributed by atoms with Crippen LogP contribution < -0.4 is 15.6 Å². The highest BCUT2D eigenvalue weighted by Crippen LogP contribution is 2.27. The van der Waals surface area contributed by atoms with Crippen LogP contribution in [0, 0.1) is 0 Å². The molecule has 1 fully saturated rings. The van der Waals surface area contributed by atoms with Crippen LogP contribution in [-0.4, -0.2) is 47.3 Å². The summed E-state index contributed by atoms with van der Waals surface area (Å²) in [7, 11) is 1.66. The summed E-state index contributed by atoms with van der Waals surface area (Å²) in [6, 6.07) is 11.0. The van der Waals surface area contributed by atoms with E-state index in [0.29, 0.717) is 13.1 Å². The minimum absolute atomic E-state index is 0.0718. The molecule has 1 aromatic heterocycles. The molecule has 1 aliphatic heterocycles. The molecule has 0 radical (unpaired) electrons. The predicted molar refractivity (Wildman–Crippen MR) is 112 cm³/mol. The Morgan fingerprint density at radius 1 is 1.24 bits per heavy atom. The van der Waals surface area contributed by atoms with E-state index in [1.165, 1.54) is 29.7 Å². The Morgan fingerprint density at radius 2 is 2.03 bits per heavy atom. The van der Waals surface area contributed by atoms with Gasteiger partial charge in [0.05, 0.1) is 13.2 Å². The number of amides is 1. The van der Waals surface area contributed by atoms with Crippen molar-refractivity contribution in [3.8, 4) is 5.75 Å². The van der Waals surface area contributed by atoms with E-state index in [9.17, 15) is 9.59 Å². The van der Waals surface area contributed by atoms with Crippen molar-refractivity contribution >= 4 is 5.91 Å². The second-order valence-corrected chi connectivity index (χ2v) is 7.38. The largest absolute Gasteiger partial charge is 0.497 e. The van der Waals surface area contributed by atoms with Gasteiger partial charge in [-0.2, -0.15) is 5.10 Å². The number of carbonyl (C=O) groups is 1. The zero-order valence-corrected chi connectivity index (χ0v) is 17.3. The number of nitrogens with one attached hydrogen (secondary N) is 1. The topological polar surface area (TPSA) is 76.5 Å². The fraction of sp³-hybridized carbons (Fsp3) is 0.500. The monoisotopic (exact) mass is 398 g/mol. The highest BCUT2D eigenvalue weighted by molar-refractivity contribution is 5.92. The van der Waals surface area contributed by atoms with E-state index in [2.05, 4.69) is 28.3 Å². The fourth-order valence-corrected chi connectivity index (χ4v) is 3.68. The Balaban J connectivity index is 1.73.